The van der Waals surface area contributed by atoms with E-state index in [2.05, 4.69) is 9.44 Å². The molecule has 0 aliphatic rings. The van der Waals surface area contributed by atoms with Crippen LogP contribution < -0.4 is 9.44 Å². The van der Waals surface area contributed by atoms with Gasteiger partial charge in [-0.3, -0.25) is 9.44 Å². The zero-order chi connectivity index (χ0) is 22.3. The van der Waals surface area contributed by atoms with Crippen LogP contribution >= 0.6 is 57.5 Å². The molecule has 3 N–H and O–H groups in total. The molecule has 3 rings (SSSR count). The summed E-state index contributed by atoms with van der Waals surface area (Å²) in [6.07, 6.45) is 0. The minimum atomic E-state index is -4.47. The summed E-state index contributed by atoms with van der Waals surface area (Å²) in [5, 5.41) is 10.7. The van der Waals surface area contributed by atoms with E-state index in [-0.39, 0.29) is 30.0 Å². The number of sulfonamides is 2. The molecule has 15 heteroatoms. The van der Waals surface area contributed by atoms with Crippen LogP contribution in [0.3, 0.4) is 0 Å². The minimum absolute atomic E-state index is 0.0137. The van der Waals surface area contributed by atoms with E-state index in [1.807, 2.05) is 0 Å². The largest absolute Gasteiger partial charge is 0.477 e. The maximum Gasteiger partial charge on any atom is 0.347 e. The lowest BCUT2D eigenvalue weighted by molar-refractivity contribution is 0.0698. The third kappa shape index (κ3) is 4.85. The molecule has 0 saturated carbocycles. The molecule has 0 bridgehead atoms. The van der Waals surface area contributed by atoms with E-state index in [1.54, 1.807) is 5.38 Å². The Morgan fingerprint density at radius 2 is 1.50 bits per heavy atom. The number of hydrogen-bond donors (Lipinski definition) is 3. The van der Waals surface area contributed by atoms with E-state index in [9.17, 15) is 26.7 Å². The molecule has 2 aromatic heterocycles. The first-order chi connectivity index (χ1) is 13.9. The SMILES string of the molecule is O=C(O)c1sc(Cl)cc1S(=O)(=O)Nc1cc(Cl)c(Cl)cc1NS(=O)(=O)c1cccs1. The molecular weight excluding hydrogens is 539 g/mol. The summed E-state index contributed by atoms with van der Waals surface area (Å²) in [6, 6.07) is 6.10. The molecule has 0 saturated heterocycles. The fourth-order valence-electron chi connectivity index (χ4n) is 2.22. The van der Waals surface area contributed by atoms with Gasteiger partial charge < -0.3 is 5.11 Å². The second-order valence-electron chi connectivity index (χ2n) is 5.50. The van der Waals surface area contributed by atoms with Crippen LogP contribution in [0.1, 0.15) is 9.67 Å². The van der Waals surface area contributed by atoms with E-state index >= 15 is 0 Å². The van der Waals surface area contributed by atoms with Crippen molar-refractivity contribution in [3.8, 4) is 0 Å². The molecule has 1 aromatic carbocycles. The number of anilines is 2. The quantitative estimate of drug-likeness (QED) is 0.379. The maximum absolute atomic E-state index is 12.8. The van der Waals surface area contributed by atoms with E-state index < -0.39 is 35.8 Å². The van der Waals surface area contributed by atoms with Gasteiger partial charge in [0.15, 0.2) is 0 Å². The molecule has 3 aromatic rings. The van der Waals surface area contributed by atoms with Crippen molar-refractivity contribution in [2.75, 3.05) is 9.44 Å². The molecule has 30 heavy (non-hydrogen) atoms. The number of aromatic carboxylic acids is 1. The summed E-state index contributed by atoms with van der Waals surface area (Å²) in [4.78, 5) is 10.3. The van der Waals surface area contributed by atoms with Gasteiger partial charge in [0.05, 0.1) is 25.8 Å². The first-order valence-corrected chi connectivity index (χ1v) is 13.3. The number of carboxylic acid groups (broad SMARTS) is 1. The van der Waals surface area contributed by atoms with Gasteiger partial charge in [-0.05, 0) is 29.6 Å². The normalized spacial score (nSPS) is 12.0. The number of carbonyl (C=O) groups is 1. The Morgan fingerprint density at radius 3 is 2.00 bits per heavy atom. The molecule has 0 aliphatic heterocycles. The molecule has 0 fully saturated rings. The molecule has 0 radical (unpaired) electrons. The number of thiophene rings is 2. The van der Waals surface area contributed by atoms with E-state index in [0.717, 1.165) is 29.5 Å². The van der Waals surface area contributed by atoms with Crippen molar-refractivity contribution in [1.29, 1.82) is 0 Å². The van der Waals surface area contributed by atoms with Crippen molar-refractivity contribution in [2.24, 2.45) is 0 Å². The van der Waals surface area contributed by atoms with Crippen LogP contribution in [0.15, 0.2) is 44.8 Å². The van der Waals surface area contributed by atoms with Crippen LogP contribution in [0, 0.1) is 0 Å². The third-order valence-corrected chi connectivity index (χ3v) is 9.72. The third-order valence-electron chi connectivity index (χ3n) is 3.46. The van der Waals surface area contributed by atoms with E-state index in [4.69, 9.17) is 34.8 Å². The fraction of sp³-hybridized carbons (Fsp3) is 0. The Balaban J connectivity index is 2.06. The predicted octanol–water partition coefficient (Wildman–Crippen LogP) is 5.07. The summed E-state index contributed by atoms with van der Waals surface area (Å²) >= 11 is 19.2. The zero-order valence-electron chi connectivity index (χ0n) is 14.2. The number of carboxylic acids is 1. The van der Waals surface area contributed by atoms with Gasteiger partial charge in [0.25, 0.3) is 20.0 Å². The predicted molar refractivity (Wildman–Crippen MR) is 119 cm³/mol. The van der Waals surface area contributed by atoms with Crippen molar-refractivity contribution in [3.63, 3.8) is 0 Å². The first-order valence-electron chi connectivity index (χ1n) is 7.51. The minimum Gasteiger partial charge on any atom is -0.477 e. The molecule has 0 unspecified atom stereocenters. The van der Waals surface area contributed by atoms with Gasteiger partial charge in [0.1, 0.15) is 14.0 Å². The Morgan fingerprint density at radius 1 is 0.933 bits per heavy atom. The number of halogens is 3. The van der Waals surface area contributed by atoms with Gasteiger partial charge in [-0.2, -0.15) is 0 Å². The summed E-state index contributed by atoms with van der Waals surface area (Å²) in [5.41, 5.74) is -0.470. The molecule has 0 atom stereocenters. The second-order valence-corrected chi connectivity index (χ2v) is 12.5. The molecule has 0 aliphatic carbocycles. The Bertz CT molecular complexity index is 1330. The van der Waals surface area contributed by atoms with Gasteiger partial charge in [0.2, 0.25) is 0 Å². The average molecular weight is 548 g/mol. The Kier molecular flexibility index (Phi) is 6.58. The van der Waals surface area contributed by atoms with Gasteiger partial charge in [-0.1, -0.05) is 40.9 Å². The fourth-order valence-corrected chi connectivity index (χ4v) is 7.34. The molecule has 8 nitrogen and oxygen atoms in total. The molecule has 160 valence electrons. The summed E-state index contributed by atoms with van der Waals surface area (Å²) in [7, 11) is -8.51. The van der Waals surface area contributed by atoms with Gasteiger partial charge >= 0.3 is 5.97 Å². The number of nitrogens with one attached hydrogen (secondary N) is 2. The highest BCUT2D eigenvalue weighted by atomic mass is 35.5. The van der Waals surface area contributed by atoms with Crippen molar-refractivity contribution in [3.05, 3.63) is 55.0 Å². The van der Waals surface area contributed by atoms with E-state index in [0.29, 0.717) is 11.3 Å². The van der Waals surface area contributed by atoms with Gasteiger partial charge in [-0.25, -0.2) is 21.6 Å². The summed E-state index contributed by atoms with van der Waals surface area (Å²) in [6.45, 7) is 0. The van der Waals surface area contributed by atoms with Crippen LogP contribution in [0.5, 0.6) is 0 Å². The van der Waals surface area contributed by atoms with Gasteiger partial charge in [-0.15, -0.1) is 22.7 Å². The highest BCUT2D eigenvalue weighted by Crippen LogP contribution is 2.37. The Labute approximate surface area is 194 Å². The lowest BCUT2D eigenvalue weighted by Gasteiger charge is -2.15. The number of rotatable bonds is 7. The maximum atomic E-state index is 12.8. The summed E-state index contributed by atoms with van der Waals surface area (Å²) in [5.74, 6) is -1.49. The van der Waals surface area contributed by atoms with Crippen molar-refractivity contribution >= 4 is 94.9 Å². The van der Waals surface area contributed by atoms with Crippen LogP contribution in [0.2, 0.25) is 14.4 Å². The molecular formula is C15H9Cl3N2O6S4. The second kappa shape index (κ2) is 8.54. The highest BCUT2D eigenvalue weighted by Gasteiger charge is 2.28. The van der Waals surface area contributed by atoms with Crippen LogP contribution in [0.4, 0.5) is 11.4 Å². The smallest absolute Gasteiger partial charge is 0.347 e. The number of benzene rings is 1. The number of hydrogen-bond acceptors (Lipinski definition) is 7. The van der Waals surface area contributed by atoms with Crippen molar-refractivity contribution in [1.82, 2.24) is 0 Å². The lowest BCUT2D eigenvalue weighted by atomic mass is 10.3. The lowest BCUT2D eigenvalue weighted by Crippen LogP contribution is -2.18. The zero-order valence-corrected chi connectivity index (χ0v) is 19.8. The Hall–Kier alpha value is -1.54. The van der Waals surface area contributed by atoms with Crippen LogP contribution in [-0.2, 0) is 20.0 Å². The van der Waals surface area contributed by atoms with Crippen molar-refractivity contribution in [2.45, 2.75) is 9.10 Å². The highest BCUT2D eigenvalue weighted by molar-refractivity contribution is 7.94. The molecule has 2 heterocycles. The standard InChI is InChI=1S/C15H9Cl3N2O6S4/c16-7-4-9(19-29(23,24)11-6-12(18)28-14(11)15(21)22)10(5-8(7)17)20-30(25,26)13-2-1-3-27-13/h1-6,19-20H,(H,21,22). The first kappa shape index (κ1) is 23.1. The average Bonchev–Trinajstić information content (AvgIpc) is 3.29. The van der Waals surface area contributed by atoms with Crippen molar-refractivity contribution < 1.29 is 26.7 Å². The molecule has 0 amide bonds. The van der Waals surface area contributed by atoms with Crippen LogP contribution in [0.25, 0.3) is 0 Å². The summed E-state index contributed by atoms with van der Waals surface area (Å²) < 4.78 is 55.0. The van der Waals surface area contributed by atoms with E-state index in [1.165, 1.54) is 12.1 Å². The van der Waals surface area contributed by atoms with Crippen LogP contribution in [-0.4, -0.2) is 27.9 Å². The topological polar surface area (TPSA) is 130 Å². The molecule has 0 spiro atoms. The monoisotopic (exact) mass is 546 g/mol. The van der Waals surface area contributed by atoms with Gasteiger partial charge in [0, 0.05) is 0 Å².